The first-order chi connectivity index (χ1) is 8.61. The van der Waals surface area contributed by atoms with Crippen LogP contribution in [0.25, 0.3) is 0 Å². The zero-order valence-electron chi connectivity index (χ0n) is 11.4. The smallest absolute Gasteiger partial charge is 0.125 e. The first-order valence-corrected chi connectivity index (χ1v) is 7.00. The highest BCUT2D eigenvalue weighted by Crippen LogP contribution is 2.33. The second-order valence-electron chi connectivity index (χ2n) is 5.65. The zero-order valence-corrected chi connectivity index (χ0v) is 11.4. The highest BCUT2D eigenvalue weighted by molar-refractivity contribution is 5.35. The van der Waals surface area contributed by atoms with Gasteiger partial charge in [0.1, 0.15) is 5.82 Å². The van der Waals surface area contributed by atoms with Crippen LogP contribution in [0.1, 0.15) is 44.6 Å². The summed E-state index contributed by atoms with van der Waals surface area (Å²) in [6, 6.07) is 4.00. The maximum absolute atomic E-state index is 10.5. The molecule has 1 aliphatic rings. The fourth-order valence-electron chi connectivity index (χ4n) is 2.63. The molecule has 100 valence electrons. The summed E-state index contributed by atoms with van der Waals surface area (Å²) in [5.74, 6) is 1.66. The molecule has 0 saturated heterocycles. The molecule has 0 aromatic carbocycles. The minimum Gasteiger partial charge on any atom is -0.388 e. The lowest BCUT2D eigenvalue weighted by Crippen LogP contribution is -2.40. The number of aryl methyl sites for hydroxylation is 1. The van der Waals surface area contributed by atoms with Crippen LogP contribution in [0.15, 0.2) is 18.3 Å². The molecule has 0 amide bonds. The lowest BCUT2D eigenvalue weighted by Gasteiger charge is -2.36. The molecule has 3 nitrogen and oxygen atoms in total. The third-order valence-corrected chi connectivity index (χ3v) is 4.12. The first kappa shape index (κ1) is 13.3. The van der Waals surface area contributed by atoms with E-state index in [1.165, 1.54) is 6.42 Å². The predicted molar refractivity (Wildman–Crippen MR) is 74.7 cm³/mol. The highest BCUT2D eigenvalue weighted by atomic mass is 16.3. The molecular weight excluding hydrogens is 224 g/mol. The number of pyridine rings is 1. The molecule has 0 atom stereocenters. The molecule has 0 spiro atoms. The van der Waals surface area contributed by atoms with E-state index in [1.54, 1.807) is 0 Å². The van der Waals surface area contributed by atoms with Crippen molar-refractivity contribution >= 4 is 5.82 Å². The van der Waals surface area contributed by atoms with Crippen molar-refractivity contribution in [3.8, 4) is 0 Å². The number of anilines is 1. The Morgan fingerprint density at radius 2 is 2.11 bits per heavy atom. The number of aliphatic hydroxyl groups is 1. The molecule has 1 heterocycles. The van der Waals surface area contributed by atoms with E-state index in [4.69, 9.17) is 0 Å². The zero-order chi connectivity index (χ0) is 13.0. The Balaban J connectivity index is 1.84. The molecule has 3 heteroatoms. The fourth-order valence-corrected chi connectivity index (χ4v) is 2.63. The van der Waals surface area contributed by atoms with Gasteiger partial charge in [-0.3, -0.25) is 0 Å². The summed E-state index contributed by atoms with van der Waals surface area (Å²) in [5, 5.41) is 13.8. The number of aromatic nitrogens is 1. The van der Waals surface area contributed by atoms with E-state index in [1.807, 2.05) is 25.3 Å². The summed E-state index contributed by atoms with van der Waals surface area (Å²) < 4.78 is 0. The third-order valence-electron chi connectivity index (χ3n) is 4.12. The van der Waals surface area contributed by atoms with Crippen molar-refractivity contribution in [3.05, 3.63) is 23.9 Å². The van der Waals surface area contributed by atoms with Crippen LogP contribution in [0.5, 0.6) is 0 Å². The molecule has 1 aliphatic carbocycles. The van der Waals surface area contributed by atoms with Crippen LogP contribution in [0.2, 0.25) is 0 Å². The van der Waals surface area contributed by atoms with E-state index >= 15 is 0 Å². The molecule has 2 rings (SSSR count). The van der Waals surface area contributed by atoms with Crippen LogP contribution < -0.4 is 5.32 Å². The van der Waals surface area contributed by atoms with Crippen molar-refractivity contribution in [2.24, 2.45) is 5.92 Å². The van der Waals surface area contributed by atoms with Gasteiger partial charge >= 0.3 is 0 Å². The van der Waals surface area contributed by atoms with Gasteiger partial charge in [-0.2, -0.15) is 0 Å². The van der Waals surface area contributed by atoms with Crippen LogP contribution in [0, 0.1) is 12.8 Å². The summed E-state index contributed by atoms with van der Waals surface area (Å²) >= 11 is 0. The van der Waals surface area contributed by atoms with Gasteiger partial charge in [0.15, 0.2) is 0 Å². The SMILES string of the molecule is CCC1CCC(O)(CNc2ccc(C)cn2)CC1. The highest BCUT2D eigenvalue weighted by Gasteiger charge is 2.32. The van der Waals surface area contributed by atoms with E-state index in [0.29, 0.717) is 6.54 Å². The van der Waals surface area contributed by atoms with Gasteiger partial charge in [-0.1, -0.05) is 19.4 Å². The molecule has 0 aliphatic heterocycles. The molecule has 0 bridgehead atoms. The lowest BCUT2D eigenvalue weighted by molar-refractivity contribution is 0.00223. The van der Waals surface area contributed by atoms with E-state index in [2.05, 4.69) is 17.2 Å². The maximum atomic E-state index is 10.5. The van der Waals surface area contributed by atoms with Gasteiger partial charge in [-0.05, 0) is 50.2 Å². The molecule has 18 heavy (non-hydrogen) atoms. The Labute approximate surface area is 110 Å². The fraction of sp³-hybridized carbons (Fsp3) is 0.667. The quantitative estimate of drug-likeness (QED) is 0.860. The second kappa shape index (κ2) is 5.70. The minimum atomic E-state index is -0.543. The van der Waals surface area contributed by atoms with Gasteiger partial charge in [-0.15, -0.1) is 0 Å². The van der Waals surface area contributed by atoms with Crippen molar-refractivity contribution < 1.29 is 5.11 Å². The van der Waals surface area contributed by atoms with Gasteiger partial charge in [0, 0.05) is 12.7 Å². The van der Waals surface area contributed by atoms with E-state index in [-0.39, 0.29) is 0 Å². The maximum Gasteiger partial charge on any atom is 0.125 e. The standard InChI is InChI=1S/C15H24N2O/c1-3-13-6-8-15(18,9-7-13)11-17-14-5-4-12(2)10-16-14/h4-5,10,13,18H,3,6-9,11H2,1-2H3,(H,16,17). The van der Waals surface area contributed by atoms with Gasteiger partial charge in [-0.25, -0.2) is 4.98 Å². The van der Waals surface area contributed by atoms with E-state index in [0.717, 1.165) is 43.0 Å². The molecular formula is C15H24N2O. The van der Waals surface area contributed by atoms with Crippen molar-refractivity contribution in [2.75, 3.05) is 11.9 Å². The van der Waals surface area contributed by atoms with Crippen molar-refractivity contribution in [1.82, 2.24) is 4.98 Å². The molecule has 1 saturated carbocycles. The number of rotatable bonds is 4. The summed E-state index contributed by atoms with van der Waals surface area (Å²) in [6.07, 6.45) is 7.20. The van der Waals surface area contributed by atoms with E-state index < -0.39 is 5.60 Å². The second-order valence-corrected chi connectivity index (χ2v) is 5.65. The van der Waals surface area contributed by atoms with Gasteiger partial charge in [0.05, 0.1) is 5.60 Å². The Hall–Kier alpha value is -1.09. The van der Waals surface area contributed by atoms with Crippen molar-refractivity contribution in [2.45, 2.75) is 51.6 Å². The molecule has 1 aromatic heterocycles. The molecule has 1 fully saturated rings. The van der Waals surface area contributed by atoms with Crippen molar-refractivity contribution in [3.63, 3.8) is 0 Å². The van der Waals surface area contributed by atoms with Crippen molar-refractivity contribution in [1.29, 1.82) is 0 Å². The van der Waals surface area contributed by atoms with Crippen LogP contribution in [0.3, 0.4) is 0 Å². The van der Waals surface area contributed by atoms with Gasteiger partial charge in [0.2, 0.25) is 0 Å². The number of hydrogen-bond donors (Lipinski definition) is 2. The lowest BCUT2D eigenvalue weighted by atomic mass is 9.78. The van der Waals surface area contributed by atoms with Crippen LogP contribution >= 0.6 is 0 Å². The van der Waals surface area contributed by atoms with Gasteiger partial charge < -0.3 is 10.4 Å². The number of nitrogens with one attached hydrogen (secondary N) is 1. The Bertz CT molecular complexity index is 367. The summed E-state index contributed by atoms with van der Waals surface area (Å²) in [7, 11) is 0. The van der Waals surface area contributed by atoms with Crippen LogP contribution in [-0.2, 0) is 0 Å². The third kappa shape index (κ3) is 3.45. The summed E-state index contributed by atoms with van der Waals surface area (Å²) in [5.41, 5.74) is 0.612. The molecule has 0 unspecified atom stereocenters. The number of hydrogen-bond acceptors (Lipinski definition) is 3. The Morgan fingerprint density at radius 1 is 1.39 bits per heavy atom. The molecule has 2 N–H and O–H groups in total. The Kier molecular flexibility index (Phi) is 4.23. The average molecular weight is 248 g/mol. The van der Waals surface area contributed by atoms with Gasteiger partial charge in [0.25, 0.3) is 0 Å². The topological polar surface area (TPSA) is 45.1 Å². The summed E-state index contributed by atoms with van der Waals surface area (Å²) in [6.45, 7) is 4.87. The molecule has 0 radical (unpaired) electrons. The average Bonchev–Trinajstić information content (AvgIpc) is 2.39. The minimum absolute atomic E-state index is 0.543. The van der Waals surface area contributed by atoms with E-state index in [9.17, 15) is 5.11 Å². The first-order valence-electron chi connectivity index (χ1n) is 7.00. The summed E-state index contributed by atoms with van der Waals surface area (Å²) in [4.78, 5) is 4.30. The predicted octanol–water partition coefficient (Wildman–Crippen LogP) is 3.13. The molecule has 1 aromatic rings. The largest absolute Gasteiger partial charge is 0.388 e. The normalized spacial score (nSPS) is 28.1. The van der Waals surface area contributed by atoms with Crippen LogP contribution in [-0.4, -0.2) is 22.2 Å². The Morgan fingerprint density at radius 3 is 2.67 bits per heavy atom. The van der Waals surface area contributed by atoms with Crippen LogP contribution in [0.4, 0.5) is 5.82 Å². The number of nitrogens with zero attached hydrogens (tertiary/aromatic N) is 1. The monoisotopic (exact) mass is 248 g/mol.